The van der Waals surface area contributed by atoms with E-state index in [1.807, 2.05) is 79.7 Å². The molecule has 0 fully saturated rings. The molecule has 0 aliphatic heterocycles. The lowest BCUT2D eigenvalue weighted by Crippen LogP contribution is -2.22. The van der Waals surface area contributed by atoms with Crippen LogP contribution >= 0.6 is 11.6 Å². The Morgan fingerprint density at radius 2 is 1.41 bits per heavy atom. The third kappa shape index (κ3) is 5.46. The Bertz CT molecular complexity index is 942. The number of halogens is 1. The van der Waals surface area contributed by atoms with E-state index in [0.717, 1.165) is 28.0 Å². The maximum atomic E-state index is 10.6. The first kappa shape index (κ1) is 20.6. The second-order valence-corrected chi connectivity index (χ2v) is 6.80. The zero-order valence-electron chi connectivity index (χ0n) is 16.3. The molecule has 0 saturated carbocycles. The first-order valence-corrected chi connectivity index (χ1v) is 9.92. The maximum Gasteiger partial charge on any atom is 0.119 e. The van der Waals surface area contributed by atoms with E-state index in [9.17, 15) is 4.91 Å². The van der Waals surface area contributed by atoms with Crippen LogP contribution in [-0.2, 0) is 0 Å². The minimum absolute atomic E-state index is 0.394. The molecule has 0 spiro atoms. The van der Waals surface area contributed by atoms with Gasteiger partial charge in [-0.3, -0.25) is 5.01 Å². The summed E-state index contributed by atoms with van der Waals surface area (Å²) in [4.78, 5) is 10.6. The highest BCUT2D eigenvalue weighted by Crippen LogP contribution is 2.35. The van der Waals surface area contributed by atoms with Crippen LogP contribution in [0.1, 0.15) is 23.6 Å². The fourth-order valence-electron chi connectivity index (χ4n) is 3.00. The summed E-state index contributed by atoms with van der Waals surface area (Å²) in [5.74, 6) is 0.735. The highest BCUT2D eigenvalue weighted by molar-refractivity contribution is 6.53. The SMILES string of the molecule is CCN(CCOc1ccc(/C(=C(/Cl)c2ccccc2)c2ccccc2)cc1)N=O. The number of benzene rings is 3. The van der Waals surface area contributed by atoms with E-state index in [1.54, 1.807) is 0 Å². The molecule has 29 heavy (non-hydrogen) atoms. The largest absolute Gasteiger partial charge is 0.492 e. The molecule has 0 aliphatic rings. The number of likely N-dealkylation sites (N-methyl/N-ethyl adjacent to an activating group) is 1. The Labute approximate surface area is 176 Å². The first-order chi connectivity index (χ1) is 14.2. The molecule has 0 N–H and O–H groups in total. The van der Waals surface area contributed by atoms with Gasteiger partial charge in [0.15, 0.2) is 0 Å². The van der Waals surface area contributed by atoms with Crippen LogP contribution in [0.4, 0.5) is 0 Å². The van der Waals surface area contributed by atoms with Gasteiger partial charge in [-0.15, -0.1) is 4.91 Å². The molecule has 0 heterocycles. The molecule has 3 rings (SSSR count). The summed E-state index contributed by atoms with van der Waals surface area (Å²) in [5.41, 5.74) is 3.98. The van der Waals surface area contributed by atoms with Crippen molar-refractivity contribution in [3.05, 3.63) is 107 Å². The van der Waals surface area contributed by atoms with E-state index in [2.05, 4.69) is 17.4 Å². The Balaban J connectivity index is 1.87. The van der Waals surface area contributed by atoms with E-state index in [1.165, 1.54) is 5.01 Å². The van der Waals surface area contributed by atoms with Crippen molar-refractivity contribution in [3.63, 3.8) is 0 Å². The van der Waals surface area contributed by atoms with Gasteiger partial charge in [-0.1, -0.05) is 84.4 Å². The zero-order valence-corrected chi connectivity index (χ0v) is 17.0. The van der Waals surface area contributed by atoms with Crippen molar-refractivity contribution in [2.75, 3.05) is 19.7 Å². The third-order valence-corrected chi connectivity index (χ3v) is 4.96. The van der Waals surface area contributed by atoms with Gasteiger partial charge >= 0.3 is 0 Å². The molecule has 4 nitrogen and oxygen atoms in total. The summed E-state index contributed by atoms with van der Waals surface area (Å²) >= 11 is 6.83. The number of hydrogen-bond donors (Lipinski definition) is 0. The van der Waals surface area contributed by atoms with Gasteiger partial charge in [0, 0.05) is 12.1 Å². The standard InChI is InChI=1S/C24H23ClN2O2/c1-2-27(26-28)17-18-29-22-15-13-20(14-16-22)23(19-9-5-3-6-10-19)24(25)21-11-7-4-8-12-21/h3-16H,2,17-18H2,1H3/b24-23+. The Hall–Kier alpha value is -3.11. The van der Waals surface area contributed by atoms with Crippen LogP contribution in [0, 0.1) is 4.91 Å². The second-order valence-electron chi connectivity index (χ2n) is 6.42. The third-order valence-electron chi connectivity index (χ3n) is 4.55. The topological polar surface area (TPSA) is 41.9 Å². The smallest absolute Gasteiger partial charge is 0.119 e. The van der Waals surface area contributed by atoms with Gasteiger partial charge in [0.05, 0.1) is 16.9 Å². The summed E-state index contributed by atoms with van der Waals surface area (Å²) in [6.45, 7) is 3.29. The summed E-state index contributed by atoms with van der Waals surface area (Å²) in [5, 5.41) is 5.06. The predicted molar refractivity (Wildman–Crippen MR) is 120 cm³/mol. The van der Waals surface area contributed by atoms with Gasteiger partial charge in [-0.05, 0) is 35.7 Å². The summed E-state index contributed by atoms with van der Waals surface area (Å²) in [6, 6.07) is 27.9. The molecule has 0 aliphatic carbocycles. The average molecular weight is 407 g/mol. The zero-order chi connectivity index (χ0) is 20.5. The van der Waals surface area contributed by atoms with Crippen molar-refractivity contribution < 1.29 is 4.74 Å². The normalized spacial score (nSPS) is 11.5. The molecule has 3 aromatic carbocycles. The number of ether oxygens (including phenoxy) is 1. The van der Waals surface area contributed by atoms with Crippen LogP contribution in [0.15, 0.2) is 90.2 Å². The summed E-state index contributed by atoms with van der Waals surface area (Å²) in [6.07, 6.45) is 0. The predicted octanol–water partition coefficient (Wildman–Crippen LogP) is 6.22. The highest BCUT2D eigenvalue weighted by Gasteiger charge is 2.12. The first-order valence-electron chi connectivity index (χ1n) is 9.55. The number of rotatable bonds is 9. The lowest BCUT2D eigenvalue weighted by atomic mass is 9.95. The van der Waals surface area contributed by atoms with Crippen molar-refractivity contribution >= 4 is 22.2 Å². The van der Waals surface area contributed by atoms with Gasteiger partial charge in [-0.25, -0.2) is 0 Å². The minimum atomic E-state index is 0.394. The van der Waals surface area contributed by atoms with Crippen LogP contribution in [0.2, 0.25) is 0 Å². The number of hydrogen-bond acceptors (Lipinski definition) is 3. The van der Waals surface area contributed by atoms with Gasteiger partial charge in [-0.2, -0.15) is 0 Å². The molecular weight excluding hydrogens is 384 g/mol. The van der Waals surface area contributed by atoms with E-state index in [0.29, 0.717) is 24.7 Å². The Morgan fingerprint density at radius 3 is 1.97 bits per heavy atom. The van der Waals surface area contributed by atoms with E-state index in [4.69, 9.17) is 16.3 Å². The van der Waals surface area contributed by atoms with Gasteiger partial charge in [0.1, 0.15) is 12.4 Å². The van der Waals surface area contributed by atoms with Crippen LogP contribution in [0.25, 0.3) is 10.6 Å². The van der Waals surface area contributed by atoms with Crippen LogP contribution in [0.5, 0.6) is 5.75 Å². The van der Waals surface area contributed by atoms with Crippen molar-refractivity contribution in [1.29, 1.82) is 0 Å². The quantitative estimate of drug-likeness (QED) is 0.240. The second kappa shape index (κ2) is 10.4. The molecule has 3 aromatic rings. The number of nitrogens with zero attached hydrogens (tertiary/aromatic N) is 2. The molecule has 0 unspecified atom stereocenters. The van der Waals surface area contributed by atoms with Crippen molar-refractivity contribution in [3.8, 4) is 5.75 Å². The minimum Gasteiger partial charge on any atom is -0.492 e. The Kier molecular flexibility index (Phi) is 7.42. The molecule has 5 heteroatoms. The molecule has 0 aromatic heterocycles. The maximum absolute atomic E-state index is 10.6. The van der Waals surface area contributed by atoms with Crippen LogP contribution in [-0.4, -0.2) is 24.7 Å². The highest BCUT2D eigenvalue weighted by atomic mass is 35.5. The molecule has 0 saturated heterocycles. The average Bonchev–Trinajstić information content (AvgIpc) is 2.79. The van der Waals surface area contributed by atoms with Gasteiger partial charge in [0.25, 0.3) is 0 Å². The molecule has 0 atom stereocenters. The molecule has 0 bridgehead atoms. The summed E-state index contributed by atoms with van der Waals surface area (Å²) in [7, 11) is 0. The lowest BCUT2D eigenvalue weighted by Gasteiger charge is -2.15. The Morgan fingerprint density at radius 1 is 0.862 bits per heavy atom. The number of nitroso groups, excluding NO2 is 1. The van der Waals surface area contributed by atoms with E-state index < -0.39 is 0 Å². The van der Waals surface area contributed by atoms with Crippen molar-refractivity contribution in [1.82, 2.24) is 5.01 Å². The molecular formula is C24H23ClN2O2. The van der Waals surface area contributed by atoms with Crippen LogP contribution < -0.4 is 4.74 Å². The lowest BCUT2D eigenvalue weighted by molar-refractivity contribution is 0.220. The summed E-state index contributed by atoms with van der Waals surface area (Å²) < 4.78 is 5.74. The fraction of sp³-hybridized carbons (Fsp3) is 0.167. The molecule has 0 amide bonds. The fourth-order valence-corrected chi connectivity index (χ4v) is 3.34. The van der Waals surface area contributed by atoms with Crippen molar-refractivity contribution in [2.45, 2.75) is 6.92 Å². The van der Waals surface area contributed by atoms with Crippen LogP contribution in [0.3, 0.4) is 0 Å². The monoisotopic (exact) mass is 406 g/mol. The van der Waals surface area contributed by atoms with Gasteiger partial charge in [0.2, 0.25) is 0 Å². The van der Waals surface area contributed by atoms with Crippen molar-refractivity contribution in [2.24, 2.45) is 5.29 Å². The van der Waals surface area contributed by atoms with E-state index >= 15 is 0 Å². The molecule has 0 radical (unpaired) electrons. The van der Waals surface area contributed by atoms with Gasteiger partial charge < -0.3 is 4.74 Å². The van der Waals surface area contributed by atoms with E-state index in [-0.39, 0.29) is 0 Å². The molecule has 148 valence electrons.